The molecule has 2 aromatic rings. The summed E-state index contributed by atoms with van der Waals surface area (Å²) in [5.74, 6) is -0.0720. The molecule has 0 saturated carbocycles. The summed E-state index contributed by atoms with van der Waals surface area (Å²) in [4.78, 5) is 24.3. The van der Waals surface area contributed by atoms with Gasteiger partial charge in [-0.25, -0.2) is 0 Å². The second kappa shape index (κ2) is 5.65. The number of hydrogen-bond acceptors (Lipinski definition) is 4. The molecule has 24 heavy (non-hydrogen) atoms. The highest BCUT2D eigenvalue weighted by Gasteiger charge is 2.27. The standard InChI is InChI=1S/C18H17N3O3/c1-10-17(22)21-15-4-2-3-14(16(15)24-10)18(23)20-13-6-5-11-8-19-9-12(11)7-13/h2-7,10,19H,8-9H2,1H3,(H,20,23)(H,21,22)/t10-/m1/s1. The molecule has 0 fully saturated rings. The zero-order valence-electron chi connectivity index (χ0n) is 13.2. The van der Waals surface area contributed by atoms with Crippen LogP contribution in [0.5, 0.6) is 5.75 Å². The third kappa shape index (κ3) is 2.51. The van der Waals surface area contributed by atoms with Crippen LogP contribution in [-0.4, -0.2) is 17.9 Å². The summed E-state index contributed by atoms with van der Waals surface area (Å²) in [6.45, 7) is 3.33. The van der Waals surface area contributed by atoms with Crippen molar-refractivity contribution in [2.45, 2.75) is 26.1 Å². The maximum Gasteiger partial charge on any atom is 0.265 e. The van der Waals surface area contributed by atoms with E-state index in [1.54, 1.807) is 25.1 Å². The highest BCUT2D eigenvalue weighted by Crippen LogP contribution is 2.33. The van der Waals surface area contributed by atoms with Crippen LogP contribution in [0.15, 0.2) is 36.4 Å². The molecule has 2 heterocycles. The number of benzene rings is 2. The highest BCUT2D eigenvalue weighted by atomic mass is 16.5. The smallest absolute Gasteiger partial charge is 0.265 e. The Balaban J connectivity index is 1.61. The van der Waals surface area contributed by atoms with E-state index in [1.165, 1.54) is 11.1 Å². The van der Waals surface area contributed by atoms with E-state index in [-0.39, 0.29) is 11.8 Å². The average Bonchev–Trinajstić information content (AvgIpc) is 3.03. The van der Waals surface area contributed by atoms with Gasteiger partial charge < -0.3 is 20.7 Å². The molecule has 0 aliphatic carbocycles. The first-order valence-electron chi connectivity index (χ1n) is 7.86. The number of fused-ring (bicyclic) bond motifs is 2. The molecule has 2 aromatic carbocycles. The van der Waals surface area contributed by atoms with Crippen molar-refractivity contribution >= 4 is 23.2 Å². The van der Waals surface area contributed by atoms with E-state index in [0.29, 0.717) is 17.0 Å². The molecule has 0 spiro atoms. The lowest BCUT2D eigenvalue weighted by Crippen LogP contribution is -2.35. The lowest BCUT2D eigenvalue weighted by molar-refractivity contribution is -0.122. The van der Waals surface area contributed by atoms with Crippen LogP contribution in [0.25, 0.3) is 0 Å². The van der Waals surface area contributed by atoms with Gasteiger partial charge >= 0.3 is 0 Å². The molecule has 1 atom stereocenters. The van der Waals surface area contributed by atoms with Crippen LogP contribution in [-0.2, 0) is 17.9 Å². The second-order valence-corrected chi connectivity index (χ2v) is 5.97. The van der Waals surface area contributed by atoms with Gasteiger partial charge in [0.15, 0.2) is 11.9 Å². The Hall–Kier alpha value is -2.86. The minimum atomic E-state index is -0.627. The number of ether oxygens (including phenoxy) is 1. The molecular weight excluding hydrogens is 306 g/mol. The summed E-state index contributed by atoms with van der Waals surface area (Å²) in [7, 11) is 0. The van der Waals surface area contributed by atoms with E-state index in [1.807, 2.05) is 18.2 Å². The fourth-order valence-corrected chi connectivity index (χ4v) is 2.98. The molecule has 0 unspecified atom stereocenters. The fourth-order valence-electron chi connectivity index (χ4n) is 2.98. The van der Waals surface area contributed by atoms with Gasteiger partial charge in [-0.05, 0) is 42.3 Å². The maximum absolute atomic E-state index is 12.7. The van der Waals surface area contributed by atoms with Crippen LogP contribution in [0, 0.1) is 0 Å². The molecule has 3 N–H and O–H groups in total. The van der Waals surface area contributed by atoms with Crippen molar-refractivity contribution in [3.8, 4) is 5.75 Å². The summed E-state index contributed by atoms with van der Waals surface area (Å²) in [6.07, 6.45) is -0.627. The fraction of sp³-hybridized carbons (Fsp3) is 0.222. The van der Waals surface area contributed by atoms with E-state index in [0.717, 1.165) is 18.8 Å². The summed E-state index contributed by atoms with van der Waals surface area (Å²) >= 11 is 0. The zero-order valence-corrected chi connectivity index (χ0v) is 13.2. The molecule has 2 aliphatic rings. The zero-order chi connectivity index (χ0) is 16.7. The van der Waals surface area contributed by atoms with Gasteiger partial charge in [-0.3, -0.25) is 9.59 Å². The van der Waals surface area contributed by atoms with Crippen molar-refractivity contribution in [3.63, 3.8) is 0 Å². The number of amides is 2. The van der Waals surface area contributed by atoms with Crippen LogP contribution in [0.2, 0.25) is 0 Å². The van der Waals surface area contributed by atoms with Gasteiger partial charge in [0.25, 0.3) is 11.8 Å². The van der Waals surface area contributed by atoms with Gasteiger partial charge in [0.2, 0.25) is 0 Å². The van der Waals surface area contributed by atoms with Crippen LogP contribution in [0.1, 0.15) is 28.4 Å². The van der Waals surface area contributed by atoms with Crippen molar-refractivity contribution in [3.05, 3.63) is 53.1 Å². The molecule has 2 amide bonds. The quantitative estimate of drug-likeness (QED) is 0.792. The summed E-state index contributed by atoms with van der Waals surface area (Å²) in [5.41, 5.74) is 4.11. The number of para-hydroxylation sites is 1. The average molecular weight is 323 g/mol. The van der Waals surface area contributed by atoms with Gasteiger partial charge in [0.1, 0.15) is 0 Å². The molecule has 4 rings (SSSR count). The number of rotatable bonds is 2. The first-order chi connectivity index (χ1) is 11.6. The van der Waals surface area contributed by atoms with Crippen molar-refractivity contribution < 1.29 is 14.3 Å². The molecule has 122 valence electrons. The molecule has 0 radical (unpaired) electrons. The van der Waals surface area contributed by atoms with E-state index >= 15 is 0 Å². The highest BCUT2D eigenvalue weighted by molar-refractivity contribution is 6.09. The minimum absolute atomic E-state index is 0.216. The number of nitrogens with one attached hydrogen (secondary N) is 3. The summed E-state index contributed by atoms with van der Waals surface area (Å²) in [5, 5.41) is 8.93. The lowest BCUT2D eigenvalue weighted by Gasteiger charge is -2.25. The second-order valence-electron chi connectivity index (χ2n) is 5.97. The van der Waals surface area contributed by atoms with Crippen LogP contribution in [0.4, 0.5) is 11.4 Å². The predicted octanol–water partition coefficient (Wildman–Crippen LogP) is 2.26. The molecule has 0 bridgehead atoms. The number of carbonyl (C=O) groups excluding carboxylic acids is 2. The van der Waals surface area contributed by atoms with Crippen molar-refractivity contribution in [1.29, 1.82) is 0 Å². The largest absolute Gasteiger partial charge is 0.478 e. The first kappa shape index (κ1) is 14.7. The molecule has 0 aromatic heterocycles. The number of anilines is 2. The van der Waals surface area contributed by atoms with Crippen LogP contribution < -0.4 is 20.7 Å². The summed E-state index contributed by atoms with van der Waals surface area (Å²) in [6, 6.07) is 11.0. The van der Waals surface area contributed by atoms with Crippen molar-refractivity contribution in [1.82, 2.24) is 5.32 Å². The molecular formula is C18H17N3O3. The number of carbonyl (C=O) groups is 2. The van der Waals surface area contributed by atoms with Gasteiger partial charge in [-0.1, -0.05) is 12.1 Å². The monoisotopic (exact) mass is 323 g/mol. The topological polar surface area (TPSA) is 79.5 Å². The number of hydrogen-bond donors (Lipinski definition) is 3. The van der Waals surface area contributed by atoms with Gasteiger partial charge in [-0.2, -0.15) is 0 Å². The molecule has 2 aliphatic heterocycles. The minimum Gasteiger partial charge on any atom is -0.478 e. The van der Waals surface area contributed by atoms with E-state index in [2.05, 4.69) is 16.0 Å². The molecule has 0 saturated heterocycles. The normalized spacial score (nSPS) is 18.2. The molecule has 6 nitrogen and oxygen atoms in total. The van der Waals surface area contributed by atoms with Crippen molar-refractivity contribution in [2.75, 3.05) is 10.6 Å². The van der Waals surface area contributed by atoms with Gasteiger partial charge in [0.05, 0.1) is 11.3 Å². The Bertz CT molecular complexity index is 847. The van der Waals surface area contributed by atoms with E-state index in [4.69, 9.17) is 4.74 Å². The Morgan fingerprint density at radius 3 is 2.92 bits per heavy atom. The Labute approximate surface area is 139 Å². The van der Waals surface area contributed by atoms with Crippen LogP contribution in [0.3, 0.4) is 0 Å². The SMILES string of the molecule is C[C@H]1Oc2c(cccc2C(=O)Nc2ccc3c(c2)CNC3)NC1=O. The van der Waals surface area contributed by atoms with E-state index < -0.39 is 6.10 Å². The third-order valence-corrected chi connectivity index (χ3v) is 4.28. The lowest BCUT2D eigenvalue weighted by atomic mass is 10.1. The third-order valence-electron chi connectivity index (χ3n) is 4.28. The van der Waals surface area contributed by atoms with Gasteiger partial charge in [0, 0.05) is 18.8 Å². The van der Waals surface area contributed by atoms with Crippen molar-refractivity contribution in [2.24, 2.45) is 0 Å². The predicted molar refractivity (Wildman–Crippen MR) is 90.1 cm³/mol. The molecule has 6 heteroatoms. The van der Waals surface area contributed by atoms with Gasteiger partial charge in [-0.15, -0.1) is 0 Å². The maximum atomic E-state index is 12.7. The first-order valence-corrected chi connectivity index (χ1v) is 7.86. The Kier molecular flexibility index (Phi) is 3.46. The van der Waals surface area contributed by atoms with E-state index in [9.17, 15) is 9.59 Å². The Morgan fingerprint density at radius 1 is 1.21 bits per heavy atom. The van der Waals surface area contributed by atoms with Crippen LogP contribution >= 0.6 is 0 Å². The summed E-state index contributed by atoms with van der Waals surface area (Å²) < 4.78 is 5.63. The Morgan fingerprint density at radius 2 is 2.04 bits per heavy atom.